The van der Waals surface area contributed by atoms with Gasteiger partial charge in [0.25, 0.3) is 5.91 Å². The summed E-state index contributed by atoms with van der Waals surface area (Å²) in [6, 6.07) is 13.9. The summed E-state index contributed by atoms with van der Waals surface area (Å²) in [4.78, 5) is 15.7. The van der Waals surface area contributed by atoms with Gasteiger partial charge in [0.1, 0.15) is 0 Å². The van der Waals surface area contributed by atoms with Crippen molar-refractivity contribution >= 4 is 23.2 Å². The molecular weight excluding hydrogens is 438 g/mol. The maximum Gasteiger partial charge on any atom is 0.257 e. The smallest absolute Gasteiger partial charge is 0.257 e. The fraction of sp³-hybridized carbons (Fsp3) is 0.462. The van der Waals surface area contributed by atoms with Crippen molar-refractivity contribution in [2.24, 2.45) is 5.10 Å². The highest BCUT2D eigenvalue weighted by molar-refractivity contribution is 6.31. The SMILES string of the molecule is Cc1ccc(C2=NN(C(=O)CN3CCC4(CC3)OCCO4)[C@H](c3ccccc3Cl)C2)cc1C. The number of aryl methyl sites for hydroxylation is 2. The van der Waals surface area contributed by atoms with Gasteiger partial charge in [-0.05, 0) is 48.2 Å². The van der Waals surface area contributed by atoms with E-state index < -0.39 is 5.79 Å². The van der Waals surface area contributed by atoms with Gasteiger partial charge in [-0.3, -0.25) is 9.69 Å². The van der Waals surface area contributed by atoms with E-state index in [0.717, 1.165) is 42.8 Å². The molecule has 2 aromatic rings. The van der Waals surface area contributed by atoms with Crippen LogP contribution in [0.1, 0.15) is 47.6 Å². The van der Waals surface area contributed by atoms with Crippen LogP contribution in [0.4, 0.5) is 0 Å². The second-order valence-electron chi connectivity index (χ2n) is 9.21. The van der Waals surface area contributed by atoms with Crippen molar-refractivity contribution in [2.45, 2.75) is 44.9 Å². The minimum atomic E-state index is -0.443. The van der Waals surface area contributed by atoms with Crippen LogP contribution >= 0.6 is 11.6 Å². The van der Waals surface area contributed by atoms with Gasteiger partial charge in [-0.25, -0.2) is 5.01 Å². The number of carbonyl (C=O) groups excluding carboxylic acids is 1. The summed E-state index contributed by atoms with van der Waals surface area (Å²) in [5, 5.41) is 7.14. The quantitative estimate of drug-likeness (QED) is 0.665. The molecule has 174 valence electrons. The highest BCUT2D eigenvalue weighted by Gasteiger charge is 2.41. The van der Waals surface area contributed by atoms with Crippen molar-refractivity contribution in [3.05, 3.63) is 69.7 Å². The first kappa shape index (κ1) is 22.5. The van der Waals surface area contributed by atoms with E-state index in [1.54, 1.807) is 5.01 Å². The normalized spacial score (nSPS) is 22.7. The molecule has 0 aromatic heterocycles. The summed E-state index contributed by atoms with van der Waals surface area (Å²) in [7, 11) is 0. The molecule has 33 heavy (non-hydrogen) atoms. The number of likely N-dealkylation sites (tertiary alicyclic amines) is 1. The van der Waals surface area contributed by atoms with Gasteiger partial charge in [0.15, 0.2) is 5.79 Å². The Labute approximate surface area is 200 Å². The van der Waals surface area contributed by atoms with Gasteiger partial charge in [0.05, 0.1) is 31.5 Å². The third-order valence-corrected chi connectivity index (χ3v) is 7.40. The fourth-order valence-electron chi connectivity index (χ4n) is 4.92. The number of rotatable bonds is 4. The van der Waals surface area contributed by atoms with Crippen molar-refractivity contribution in [3.63, 3.8) is 0 Å². The molecule has 0 bridgehead atoms. The van der Waals surface area contributed by atoms with E-state index in [-0.39, 0.29) is 11.9 Å². The molecule has 0 unspecified atom stereocenters. The summed E-state index contributed by atoms with van der Waals surface area (Å²) in [5.41, 5.74) is 5.36. The van der Waals surface area contributed by atoms with Gasteiger partial charge < -0.3 is 9.47 Å². The van der Waals surface area contributed by atoms with Gasteiger partial charge in [-0.15, -0.1) is 0 Å². The van der Waals surface area contributed by atoms with Crippen LogP contribution in [0.2, 0.25) is 5.02 Å². The lowest BCUT2D eigenvalue weighted by molar-refractivity contribution is -0.186. The van der Waals surface area contributed by atoms with Crippen LogP contribution in [0.3, 0.4) is 0 Å². The lowest BCUT2D eigenvalue weighted by Crippen LogP contribution is -2.48. The van der Waals surface area contributed by atoms with Crippen molar-refractivity contribution < 1.29 is 14.3 Å². The standard InChI is InChI=1S/C26H30ClN3O3/c1-18-7-8-20(15-19(18)2)23-16-24(21-5-3-4-6-22(21)27)30(28-23)25(31)17-29-11-9-26(10-12-29)32-13-14-33-26/h3-8,15,24H,9-14,16-17H2,1-2H3/t24-/m0/s1. The van der Waals surface area contributed by atoms with Crippen LogP contribution in [0.25, 0.3) is 0 Å². The van der Waals surface area contributed by atoms with Crippen molar-refractivity contribution in [3.8, 4) is 0 Å². The minimum Gasteiger partial charge on any atom is -0.347 e. The average Bonchev–Trinajstić information content (AvgIpc) is 3.46. The van der Waals surface area contributed by atoms with Gasteiger partial charge in [0, 0.05) is 37.4 Å². The number of carbonyl (C=O) groups is 1. The Morgan fingerprint density at radius 3 is 2.52 bits per heavy atom. The Morgan fingerprint density at radius 1 is 1.09 bits per heavy atom. The second-order valence-corrected chi connectivity index (χ2v) is 9.62. The highest BCUT2D eigenvalue weighted by Crippen LogP contribution is 2.37. The molecule has 0 N–H and O–H groups in total. The van der Waals surface area contributed by atoms with Crippen LogP contribution < -0.4 is 0 Å². The number of amides is 1. The van der Waals surface area contributed by atoms with Gasteiger partial charge >= 0.3 is 0 Å². The molecule has 2 fully saturated rings. The van der Waals surface area contributed by atoms with E-state index in [9.17, 15) is 4.79 Å². The number of hydrogen-bond donors (Lipinski definition) is 0. The van der Waals surface area contributed by atoms with Crippen molar-refractivity contribution in [2.75, 3.05) is 32.8 Å². The van der Waals surface area contributed by atoms with Crippen molar-refractivity contribution in [1.82, 2.24) is 9.91 Å². The first-order valence-corrected chi connectivity index (χ1v) is 12.0. The van der Waals surface area contributed by atoms with E-state index in [1.807, 2.05) is 24.3 Å². The molecule has 0 saturated carbocycles. The lowest BCUT2D eigenvalue weighted by Gasteiger charge is -2.37. The largest absolute Gasteiger partial charge is 0.347 e. The van der Waals surface area contributed by atoms with Crippen LogP contribution in [-0.2, 0) is 14.3 Å². The summed E-state index contributed by atoms with van der Waals surface area (Å²) in [6.07, 6.45) is 2.21. The average molecular weight is 468 g/mol. The highest BCUT2D eigenvalue weighted by atomic mass is 35.5. The first-order chi connectivity index (χ1) is 15.9. The molecule has 0 aliphatic carbocycles. The van der Waals surface area contributed by atoms with Crippen molar-refractivity contribution in [1.29, 1.82) is 0 Å². The third kappa shape index (κ3) is 4.58. The molecule has 2 aromatic carbocycles. The zero-order chi connectivity index (χ0) is 23.0. The predicted octanol–water partition coefficient (Wildman–Crippen LogP) is 4.47. The topological polar surface area (TPSA) is 54.4 Å². The van der Waals surface area contributed by atoms with Crippen LogP contribution in [0.15, 0.2) is 47.6 Å². The van der Waals surface area contributed by atoms with E-state index >= 15 is 0 Å². The summed E-state index contributed by atoms with van der Waals surface area (Å²) >= 11 is 6.55. The Morgan fingerprint density at radius 2 is 1.82 bits per heavy atom. The van der Waals surface area contributed by atoms with Crippen LogP contribution in [0.5, 0.6) is 0 Å². The number of piperidine rings is 1. The molecule has 5 rings (SSSR count). The Balaban J connectivity index is 1.36. The van der Waals surface area contributed by atoms with E-state index in [4.69, 9.17) is 26.2 Å². The maximum absolute atomic E-state index is 13.5. The zero-order valence-electron chi connectivity index (χ0n) is 19.2. The number of ether oxygens (including phenoxy) is 2. The molecule has 3 aliphatic rings. The Bertz CT molecular complexity index is 1070. The second kappa shape index (κ2) is 9.18. The molecule has 3 heterocycles. The Hall–Kier alpha value is -2.25. The Kier molecular flexibility index (Phi) is 6.27. The fourth-order valence-corrected chi connectivity index (χ4v) is 5.19. The monoisotopic (exact) mass is 467 g/mol. The van der Waals surface area contributed by atoms with Gasteiger partial charge in [-0.1, -0.05) is 41.9 Å². The first-order valence-electron chi connectivity index (χ1n) is 11.7. The molecule has 1 spiro atoms. The number of hydrazone groups is 1. The molecule has 3 aliphatic heterocycles. The maximum atomic E-state index is 13.5. The number of hydrogen-bond acceptors (Lipinski definition) is 5. The number of benzene rings is 2. The van der Waals surface area contributed by atoms with Gasteiger partial charge in [-0.2, -0.15) is 5.10 Å². The molecular formula is C26H30ClN3O3. The summed E-state index contributed by atoms with van der Waals surface area (Å²) < 4.78 is 11.6. The summed E-state index contributed by atoms with van der Waals surface area (Å²) in [6.45, 7) is 7.37. The molecule has 0 radical (unpaired) electrons. The molecule has 2 saturated heterocycles. The van der Waals surface area contributed by atoms with E-state index in [2.05, 4.69) is 36.9 Å². The zero-order valence-corrected chi connectivity index (χ0v) is 20.0. The van der Waals surface area contributed by atoms with Crippen LogP contribution in [0, 0.1) is 13.8 Å². The predicted molar refractivity (Wildman–Crippen MR) is 128 cm³/mol. The number of nitrogens with zero attached hydrogens (tertiary/aromatic N) is 3. The molecule has 1 amide bonds. The molecule has 1 atom stereocenters. The van der Waals surface area contributed by atoms with Crippen LogP contribution in [-0.4, -0.2) is 60.2 Å². The lowest BCUT2D eigenvalue weighted by atomic mass is 9.96. The van der Waals surface area contributed by atoms with E-state index in [0.29, 0.717) is 31.2 Å². The molecule has 6 nitrogen and oxygen atoms in total. The summed E-state index contributed by atoms with van der Waals surface area (Å²) in [5.74, 6) is -0.454. The van der Waals surface area contributed by atoms with E-state index in [1.165, 1.54) is 11.1 Å². The minimum absolute atomic E-state index is 0.0111. The third-order valence-electron chi connectivity index (χ3n) is 7.06. The van der Waals surface area contributed by atoms with Gasteiger partial charge in [0.2, 0.25) is 0 Å². The molecule has 7 heteroatoms. The number of halogens is 1.